The first-order chi connectivity index (χ1) is 18.2. The molecule has 0 aromatic heterocycles. The van der Waals surface area contributed by atoms with Gasteiger partial charge in [-0.25, -0.2) is 0 Å². The molecule has 2 heterocycles. The smallest absolute Gasteiger partial charge is 0.263 e. The van der Waals surface area contributed by atoms with Gasteiger partial charge in [-0.1, -0.05) is 152 Å². The van der Waals surface area contributed by atoms with Crippen molar-refractivity contribution >= 4 is 74.0 Å². The van der Waals surface area contributed by atoms with Gasteiger partial charge in [0.15, 0.2) is 0 Å². The standard InChI is InChI=1S/C13H15NOS2.C13H13NOS2.2C2H6.CH4/c2*1-3-9-4-6-10(7-5-9)8(2)11-12(15)14-13(16)17-11;2*1-2;/h4-8,11H,3H2,1-2H3,(H,14,15,16);4-7H,3H2,1-2H3,(H,14,15,16);2*1-2H3;1H4/b;11-8+;;;. The summed E-state index contributed by atoms with van der Waals surface area (Å²) in [6, 6.07) is 16.8. The summed E-state index contributed by atoms with van der Waals surface area (Å²) in [5.41, 5.74) is 5.87. The van der Waals surface area contributed by atoms with Crippen LogP contribution in [0.3, 0.4) is 0 Å². The van der Waals surface area contributed by atoms with Crippen LogP contribution in [0.4, 0.5) is 0 Å². The predicted octanol–water partition coefficient (Wildman–Crippen LogP) is 8.69. The highest BCUT2D eigenvalue weighted by Gasteiger charge is 2.34. The van der Waals surface area contributed by atoms with Crippen LogP contribution < -0.4 is 10.6 Å². The van der Waals surface area contributed by atoms with Crippen LogP contribution in [0, 0.1) is 0 Å². The van der Waals surface area contributed by atoms with E-state index in [0.29, 0.717) is 13.5 Å². The Morgan fingerprint density at radius 3 is 1.72 bits per heavy atom. The van der Waals surface area contributed by atoms with Crippen LogP contribution in [-0.2, 0) is 22.4 Å². The second-order valence-corrected chi connectivity index (χ2v) is 11.6. The van der Waals surface area contributed by atoms with E-state index in [4.69, 9.17) is 24.4 Å². The largest absolute Gasteiger partial charge is 0.311 e. The first kappa shape index (κ1) is 37.0. The molecule has 4 rings (SSSR count). The fourth-order valence-electron chi connectivity index (χ4n) is 3.61. The molecule has 0 radical (unpaired) electrons. The number of rotatable bonds is 5. The molecule has 2 amide bonds. The van der Waals surface area contributed by atoms with Gasteiger partial charge in [-0.15, -0.1) is 0 Å². The van der Waals surface area contributed by atoms with Crippen LogP contribution in [0.5, 0.6) is 0 Å². The van der Waals surface area contributed by atoms with Crippen molar-refractivity contribution in [1.82, 2.24) is 10.6 Å². The topological polar surface area (TPSA) is 58.2 Å². The van der Waals surface area contributed by atoms with Crippen LogP contribution in [0.15, 0.2) is 53.4 Å². The highest BCUT2D eigenvalue weighted by molar-refractivity contribution is 8.27. The Balaban J connectivity index is 0.000000642. The van der Waals surface area contributed by atoms with Crippen molar-refractivity contribution in [2.24, 2.45) is 0 Å². The number of hydrogen-bond acceptors (Lipinski definition) is 6. The molecule has 39 heavy (non-hydrogen) atoms. The Morgan fingerprint density at radius 2 is 1.33 bits per heavy atom. The van der Waals surface area contributed by atoms with E-state index in [0.717, 1.165) is 24.0 Å². The second-order valence-electron chi connectivity index (χ2n) is 8.05. The molecular formula is C31H44N2O2S4. The zero-order chi connectivity index (χ0) is 28.8. The van der Waals surface area contributed by atoms with Crippen molar-refractivity contribution < 1.29 is 9.59 Å². The third-order valence-electron chi connectivity index (χ3n) is 5.84. The van der Waals surface area contributed by atoms with Gasteiger partial charge in [0.25, 0.3) is 5.91 Å². The van der Waals surface area contributed by atoms with Crippen LogP contribution in [0.1, 0.15) is 91.0 Å². The molecule has 8 heteroatoms. The number of carbonyl (C=O) groups is 2. The zero-order valence-corrected chi connectivity index (χ0v) is 26.9. The molecule has 2 unspecified atom stereocenters. The molecule has 2 saturated heterocycles. The van der Waals surface area contributed by atoms with Gasteiger partial charge < -0.3 is 10.6 Å². The van der Waals surface area contributed by atoms with E-state index in [9.17, 15) is 9.59 Å². The molecule has 4 nitrogen and oxygen atoms in total. The van der Waals surface area contributed by atoms with Gasteiger partial charge in [0.1, 0.15) is 8.64 Å². The first-order valence-electron chi connectivity index (χ1n) is 13.2. The SMILES string of the molecule is C.CC.CC.CCc1ccc(/C(C)=C2/SC(=S)NC2=O)cc1.CCc1ccc(C(C)C2SC(=S)NC2=O)cc1. The summed E-state index contributed by atoms with van der Waals surface area (Å²) in [6.45, 7) is 16.3. The number of amides is 2. The molecule has 2 fully saturated rings. The van der Waals surface area contributed by atoms with Crippen molar-refractivity contribution in [3.05, 3.63) is 75.7 Å². The molecule has 0 bridgehead atoms. The maximum absolute atomic E-state index is 11.7. The van der Waals surface area contributed by atoms with Crippen molar-refractivity contribution in [2.75, 3.05) is 0 Å². The molecule has 0 saturated carbocycles. The zero-order valence-electron chi connectivity index (χ0n) is 23.6. The van der Waals surface area contributed by atoms with E-state index in [1.165, 1.54) is 40.2 Å². The summed E-state index contributed by atoms with van der Waals surface area (Å²) in [5, 5.41) is 5.25. The van der Waals surface area contributed by atoms with E-state index in [1.54, 1.807) is 0 Å². The van der Waals surface area contributed by atoms with Crippen molar-refractivity contribution in [1.29, 1.82) is 0 Å². The fraction of sp³-hybridized carbons (Fsp3) is 0.419. The molecule has 0 aliphatic carbocycles. The minimum Gasteiger partial charge on any atom is -0.311 e. The lowest BCUT2D eigenvalue weighted by Gasteiger charge is -2.16. The van der Waals surface area contributed by atoms with Crippen molar-refractivity contribution in [3.63, 3.8) is 0 Å². The average molecular weight is 605 g/mol. The molecule has 2 N–H and O–H groups in total. The van der Waals surface area contributed by atoms with Crippen molar-refractivity contribution in [2.45, 2.75) is 86.8 Å². The molecule has 2 aromatic rings. The van der Waals surface area contributed by atoms with Gasteiger partial charge in [0, 0.05) is 5.92 Å². The highest BCUT2D eigenvalue weighted by atomic mass is 32.2. The number of aryl methyl sites for hydroxylation is 2. The number of allylic oxidation sites excluding steroid dienone is 1. The number of thiocarbonyl (C=S) groups is 2. The Kier molecular flexibility index (Phi) is 18.2. The Labute approximate surface area is 255 Å². The predicted molar refractivity (Wildman–Crippen MR) is 183 cm³/mol. The summed E-state index contributed by atoms with van der Waals surface area (Å²) in [7, 11) is 0. The Hall–Kier alpha value is -2.00. The monoisotopic (exact) mass is 604 g/mol. The maximum atomic E-state index is 11.7. The van der Waals surface area contributed by atoms with Gasteiger partial charge in [0.2, 0.25) is 5.91 Å². The Morgan fingerprint density at radius 1 is 0.846 bits per heavy atom. The number of nitrogens with one attached hydrogen (secondary N) is 2. The van der Waals surface area contributed by atoms with E-state index >= 15 is 0 Å². The molecule has 0 spiro atoms. The summed E-state index contributed by atoms with van der Waals surface area (Å²) >= 11 is 12.8. The summed E-state index contributed by atoms with van der Waals surface area (Å²) in [6.07, 6.45) is 2.06. The van der Waals surface area contributed by atoms with Gasteiger partial charge in [0.05, 0.1) is 10.2 Å². The lowest BCUT2D eigenvalue weighted by Crippen LogP contribution is -2.27. The minimum atomic E-state index is -0.0880. The maximum Gasteiger partial charge on any atom is 0.263 e. The van der Waals surface area contributed by atoms with Gasteiger partial charge >= 0.3 is 0 Å². The quantitative estimate of drug-likeness (QED) is 0.263. The average Bonchev–Trinajstić information content (AvgIpc) is 3.49. The number of benzene rings is 2. The number of thioether (sulfide) groups is 2. The second kappa shape index (κ2) is 19.1. The van der Waals surface area contributed by atoms with Gasteiger partial charge in [-0.3, -0.25) is 9.59 Å². The third-order valence-corrected chi connectivity index (χ3v) is 8.76. The van der Waals surface area contributed by atoms with Crippen LogP contribution in [0.25, 0.3) is 5.57 Å². The van der Waals surface area contributed by atoms with Crippen molar-refractivity contribution in [3.8, 4) is 0 Å². The van der Waals surface area contributed by atoms with E-state index in [-0.39, 0.29) is 30.4 Å². The van der Waals surface area contributed by atoms with E-state index < -0.39 is 0 Å². The molecular weight excluding hydrogens is 561 g/mol. The minimum absolute atomic E-state index is 0. The highest BCUT2D eigenvalue weighted by Crippen LogP contribution is 2.33. The first-order valence-corrected chi connectivity index (χ1v) is 15.7. The van der Waals surface area contributed by atoms with Crippen LogP contribution in [0.2, 0.25) is 0 Å². The normalized spacial score (nSPS) is 17.6. The van der Waals surface area contributed by atoms with Gasteiger partial charge in [-0.2, -0.15) is 0 Å². The van der Waals surface area contributed by atoms with Crippen LogP contribution >= 0.6 is 48.0 Å². The van der Waals surface area contributed by atoms with E-state index in [1.807, 2.05) is 34.6 Å². The van der Waals surface area contributed by atoms with Gasteiger partial charge in [-0.05, 0) is 47.6 Å². The summed E-state index contributed by atoms with van der Waals surface area (Å²) < 4.78 is 1.13. The molecule has 2 atom stereocenters. The molecule has 2 aliphatic rings. The Bertz CT molecular complexity index is 1130. The van der Waals surface area contributed by atoms with E-state index in [2.05, 4.69) is 79.9 Å². The molecule has 2 aliphatic heterocycles. The summed E-state index contributed by atoms with van der Waals surface area (Å²) in [5.74, 6) is 0.135. The molecule has 2 aromatic carbocycles. The number of hydrogen-bond donors (Lipinski definition) is 2. The lowest BCUT2D eigenvalue weighted by molar-refractivity contribution is -0.119. The summed E-state index contributed by atoms with van der Waals surface area (Å²) in [4.78, 5) is 24.1. The van der Waals surface area contributed by atoms with Crippen LogP contribution in [-0.4, -0.2) is 25.7 Å². The molecule has 214 valence electrons. The fourth-order valence-corrected chi connectivity index (χ4v) is 6.03. The lowest BCUT2D eigenvalue weighted by atomic mass is 9.95. The number of carbonyl (C=O) groups excluding carboxylic acids is 2. The third kappa shape index (κ3) is 10.8.